The fourth-order valence-corrected chi connectivity index (χ4v) is 1.02. The first-order valence-electron chi connectivity index (χ1n) is 4.03. The smallest absolute Gasteiger partial charge is 0.435 e. The molecule has 0 radical (unpaired) electrons. The summed E-state index contributed by atoms with van der Waals surface area (Å²) in [5.41, 5.74) is -1.60. The normalized spacial score (nSPS) is 11.5. The number of hydrogen-bond acceptors (Lipinski definition) is 3. The van der Waals surface area contributed by atoms with Crippen LogP contribution < -0.4 is 0 Å². The first-order valence-corrected chi connectivity index (χ1v) is 4.03. The van der Waals surface area contributed by atoms with E-state index in [2.05, 4.69) is 10.2 Å². The maximum atomic E-state index is 12.2. The van der Waals surface area contributed by atoms with Gasteiger partial charge >= 0.3 is 12.1 Å². The van der Waals surface area contributed by atoms with E-state index in [-0.39, 0.29) is 12.0 Å². The molecule has 0 unspecified atom stereocenters. The highest BCUT2D eigenvalue weighted by atomic mass is 19.4. The van der Waals surface area contributed by atoms with Gasteiger partial charge in [-0.1, -0.05) is 6.92 Å². The summed E-state index contributed by atoms with van der Waals surface area (Å²) in [7, 11) is 0. The Morgan fingerprint density at radius 2 is 2.07 bits per heavy atom. The molecule has 82 valence electrons. The number of aryl methyl sites for hydroxylation is 1. The summed E-state index contributed by atoms with van der Waals surface area (Å²) in [6.07, 6.45) is -4.45. The van der Waals surface area contributed by atoms with Gasteiger partial charge in [-0.25, -0.2) is 4.79 Å². The lowest BCUT2D eigenvalue weighted by Crippen LogP contribution is -2.14. The zero-order valence-electron chi connectivity index (χ0n) is 7.67. The predicted octanol–water partition coefficient (Wildman–Crippen LogP) is 1.76. The molecule has 0 aliphatic rings. The molecule has 1 aromatic heterocycles. The molecule has 0 amide bonds. The van der Waals surface area contributed by atoms with Gasteiger partial charge < -0.3 is 5.11 Å². The molecule has 0 atom stereocenters. The Bertz CT molecular complexity index is 390. The van der Waals surface area contributed by atoms with Crippen LogP contribution in [0.4, 0.5) is 13.2 Å². The molecule has 1 aromatic rings. The zero-order chi connectivity index (χ0) is 11.6. The van der Waals surface area contributed by atoms with Crippen LogP contribution in [0.15, 0.2) is 6.07 Å². The molecule has 0 spiro atoms. The molecule has 4 nitrogen and oxygen atoms in total. The molecule has 0 bridgehead atoms. The molecule has 0 saturated heterocycles. The highest BCUT2D eigenvalue weighted by Crippen LogP contribution is 2.28. The van der Waals surface area contributed by atoms with Crippen molar-refractivity contribution in [2.75, 3.05) is 0 Å². The molecule has 1 heterocycles. The van der Waals surface area contributed by atoms with Crippen molar-refractivity contribution in [3.8, 4) is 0 Å². The van der Waals surface area contributed by atoms with E-state index in [0.717, 1.165) is 0 Å². The number of carboxylic acids is 1. The second-order valence-electron chi connectivity index (χ2n) is 2.76. The Labute approximate surface area is 82.8 Å². The van der Waals surface area contributed by atoms with Gasteiger partial charge in [-0.05, 0) is 18.1 Å². The van der Waals surface area contributed by atoms with Gasteiger partial charge in [0.2, 0.25) is 0 Å². The van der Waals surface area contributed by atoms with E-state index in [4.69, 9.17) is 5.11 Å². The summed E-state index contributed by atoms with van der Waals surface area (Å²) in [6.45, 7) is 1.55. The highest BCUT2D eigenvalue weighted by Gasteiger charge is 2.34. The summed E-state index contributed by atoms with van der Waals surface area (Å²) in [5, 5.41) is 14.5. The van der Waals surface area contributed by atoms with Gasteiger partial charge in [0.25, 0.3) is 0 Å². The number of carbonyl (C=O) groups is 1. The van der Waals surface area contributed by atoms with Crippen LogP contribution in [0.1, 0.15) is 28.7 Å². The van der Waals surface area contributed by atoms with Crippen molar-refractivity contribution in [3.63, 3.8) is 0 Å². The largest absolute Gasteiger partial charge is 0.476 e. The molecule has 1 N–H and O–H groups in total. The number of hydrogen-bond donors (Lipinski definition) is 1. The van der Waals surface area contributed by atoms with Crippen molar-refractivity contribution in [1.82, 2.24) is 10.2 Å². The second kappa shape index (κ2) is 3.84. The average Bonchev–Trinajstić information content (AvgIpc) is 2.15. The molecule has 0 aliphatic carbocycles. The van der Waals surface area contributed by atoms with E-state index < -0.39 is 23.5 Å². The lowest BCUT2D eigenvalue weighted by molar-refractivity contribution is -0.141. The van der Waals surface area contributed by atoms with Crippen molar-refractivity contribution in [2.45, 2.75) is 19.5 Å². The SMILES string of the molecule is CCc1cc(C(F)(F)F)nnc1C(=O)O. The third-order valence-electron chi connectivity index (χ3n) is 1.75. The van der Waals surface area contributed by atoms with Gasteiger partial charge in [0.05, 0.1) is 0 Å². The standard InChI is InChI=1S/C8H7F3N2O2/c1-2-4-3-5(8(9,10)11)12-13-6(4)7(14)15/h3H,2H2,1H3,(H,14,15). The minimum Gasteiger partial charge on any atom is -0.476 e. The van der Waals surface area contributed by atoms with Gasteiger partial charge in [-0.3, -0.25) is 0 Å². The summed E-state index contributed by atoms with van der Waals surface area (Å²) < 4.78 is 36.6. The van der Waals surface area contributed by atoms with Crippen LogP contribution in [0.2, 0.25) is 0 Å². The maximum Gasteiger partial charge on any atom is 0.435 e. The Hall–Kier alpha value is -1.66. The van der Waals surface area contributed by atoms with E-state index >= 15 is 0 Å². The fraction of sp³-hybridized carbons (Fsp3) is 0.375. The molecule has 0 aliphatic heterocycles. The number of aromatic carboxylic acids is 1. The van der Waals surface area contributed by atoms with E-state index in [9.17, 15) is 18.0 Å². The number of rotatable bonds is 2. The third kappa shape index (κ3) is 2.42. The molecule has 7 heteroatoms. The van der Waals surface area contributed by atoms with Crippen LogP contribution in [-0.4, -0.2) is 21.3 Å². The highest BCUT2D eigenvalue weighted by molar-refractivity contribution is 5.86. The Kier molecular flexibility index (Phi) is 2.92. The van der Waals surface area contributed by atoms with Crippen LogP contribution in [-0.2, 0) is 12.6 Å². The number of aromatic nitrogens is 2. The van der Waals surface area contributed by atoms with Crippen LogP contribution in [0.25, 0.3) is 0 Å². The van der Waals surface area contributed by atoms with Crippen molar-refractivity contribution < 1.29 is 23.1 Å². The molecule has 0 aromatic carbocycles. The van der Waals surface area contributed by atoms with Crippen LogP contribution in [0.5, 0.6) is 0 Å². The first-order chi connectivity index (χ1) is 6.86. The summed E-state index contributed by atoms with van der Waals surface area (Å²) in [4.78, 5) is 10.6. The topological polar surface area (TPSA) is 63.1 Å². The van der Waals surface area contributed by atoms with Gasteiger partial charge in [0, 0.05) is 0 Å². The quantitative estimate of drug-likeness (QED) is 0.824. The van der Waals surface area contributed by atoms with Crippen molar-refractivity contribution in [1.29, 1.82) is 0 Å². The number of halogens is 3. The summed E-state index contributed by atoms with van der Waals surface area (Å²) >= 11 is 0. The number of carboxylic acid groups (broad SMARTS) is 1. The second-order valence-corrected chi connectivity index (χ2v) is 2.76. The van der Waals surface area contributed by atoms with Gasteiger partial charge in [-0.2, -0.15) is 13.2 Å². The molecular weight excluding hydrogens is 213 g/mol. The summed E-state index contributed by atoms with van der Waals surface area (Å²) in [6, 6.07) is 0.705. The number of alkyl halides is 3. The van der Waals surface area contributed by atoms with Gasteiger partial charge in [0.15, 0.2) is 11.4 Å². The van der Waals surface area contributed by atoms with Crippen LogP contribution in [0, 0.1) is 0 Å². The van der Waals surface area contributed by atoms with E-state index in [1.165, 1.54) is 0 Å². The molecule has 15 heavy (non-hydrogen) atoms. The van der Waals surface area contributed by atoms with Crippen LogP contribution in [0.3, 0.4) is 0 Å². The molecule has 0 fully saturated rings. The summed E-state index contributed by atoms with van der Waals surface area (Å²) in [5.74, 6) is -1.38. The predicted molar refractivity (Wildman–Crippen MR) is 43.4 cm³/mol. The third-order valence-corrected chi connectivity index (χ3v) is 1.75. The Morgan fingerprint density at radius 1 is 1.47 bits per heavy atom. The van der Waals surface area contributed by atoms with E-state index in [1.807, 2.05) is 0 Å². The average molecular weight is 220 g/mol. The lowest BCUT2D eigenvalue weighted by atomic mass is 10.1. The molecule has 1 rings (SSSR count). The zero-order valence-corrected chi connectivity index (χ0v) is 7.67. The minimum atomic E-state index is -4.60. The Morgan fingerprint density at radius 3 is 2.47 bits per heavy atom. The van der Waals surface area contributed by atoms with E-state index in [1.54, 1.807) is 6.92 Å². The Balaban J connectivity index is 3.25. The van der Waals surface area contributed by atoms with Crippen molar-refractivity contribution in [2.24, 2.45) is 0 Å². The van der Waals surface area contributed by atoms with E-state index in [0.29, 0.717) is 6.07 Å². The lowest BCUT2D eigenvalue weighted by Gasteiger charge is -2.07. The minimum absolute atomic E-state index is 0.0184. The van der Waals surface area contributed by atoms with Crippen molar-refractivity contribution in [3.05, 3.63) is 23.0 Å². The van der Waals surface area contributed by atoms with Gasteiger partial charge in [-0.15, -0.1) is 10.2 Å². The molecular formula is C8H7F3N2O2. The fourth-order valence-electron chi connectivity index (χ4n) is 1.02. The van der Waals surface area contributed by atoms with Gasteiger partial charge in [0.1, 0.15) is 0 Å². The molecule has 0 saturated carbocycles. The first kappa shape index (κ1) is 11.4. The van der Waals surface area contributed by atoms with Crippen LogP contribution >= 0.6 is 0 Å². The maximum absolute atomic E-state index is 12.2. The monoisotopic (exact) mass is 220 g/mol. The van der Waals surface area contributed by atoms with Crippen molar-refractivity contribution >= 4 is 5.97 Å². The number of nitrogens with zero attached hydrogens (tertiary/aromatic N) is 2.